The van der Waals surface area contributed by atoms with E-state index in [1.165, 1.54) is 0 Å². The quantitative estimate of drug-likeness (QED) is 0.311. The maximum atomic E-state index is 10.1. The molecule has 0 saturated heterocycles. The zero-order valence-corrected chi connectivity index (χ0v) is 5.98. The van der Waals surface area contributed by atoms with Crippen LogP contribution >= 0.6 is 11.3 Å². The Bertz CT molecular complexity index is 295. The summed E-state index contributed by atoms with van der Waals surface area (Å²) in [5.41, 5.74) is 0. The zero-order valence-electron chi connectivity index (χ0n) is 5.17. The fraction of sp³-hybridized carbons (Fsp3) is 0. The normalized spacial score (nSPS) is 10.5. The van der Waals surface area contributed by atoms with E-state index in [1.54, 1.807) is 0 Å². The lowest BCUT2D eigenvalue weighted by Gasteiger charge is -1.77. The zero-order chi connectivity index (χ0) is 8.27. The standard InChI is InChI=1S/C4H3N3O3S/c8-6-1-3-5-2-4(11-3)7(9)10/h1-2,8H/b6-1+. The Kier molecular flexibility index (Phi) is 2.12. The van der Waals surface area contributed by atoms with Crippen molar-refractivity contribution in [2.24, 2.45) is 5.16 Å². The van der Waals surface area contributed by atoms with Gasteiger partial charge in [-0.1, -0.05) is 5.16 Å². The Morgan fingerprint density at radius 1 is 1.91 bits per heavy atom. The van der Waals surface area contributed by atoms with Crippen molar-refractivity contribution in [3.05, 3.63) is 21.3 Å². The molecule has 0 radical (unpaired) electrons. The lowest BCUT2D eigenvalue weighted by molar-refractivity contribution is -0.380. The number of nitro groups is 1. The van der Waals surface area contributed by atoms with Gasteiger partial charge in [0, 0.05) is 0 Å². The van der Waals surface area contributed by atoms with E-state index in [-0.39, 0.29) is 5.00 Å². The first-order chi connectivity index (χ1) is 5.24. The van der Waals surface area contributed by atoms with Gasteiger partial charge in [-0.2, -0.15) is 0 Å². The van der Waals surface area contributed by atoms with Gasteiger partial charge >= 0.3 is 5.00 Å². The highest BCUT2D eigenvalue weighted by atomic mass is 32.1. The molecule has 1 aromatic rings. The molecule has 7 heteroatoms. The van der Waals surface area contributed by atoms with Crippen LogP contribution in [0.2, 0.25) is 0 Å². The molecule has 0 atom stereocenters. The molecule has 0 amide bonds. The van der Waals surface area contributed by atoms with E-state index in [1.807, 2.05) is 0 Å². The highest BCUT2D eigenvalue weighted by Crippen LogP contribution is 2.18. The molecule has 0 spiro atoms. The Labute approximate surface area is 65.0 Å². The average Bonchev–Trinajstić information content (AvgIpc) is 2.37. The van der Waals surface area contributed by atoms with Gasteiger partial charge in [-0.05, 0) is 11.3 Å². The molecule has 0 saturated carbocycles. The summed E-state index contributed by atoms with van der Waals surface area (Å²) in [7, 11) is 0. The molecule has 11 heavy (non-hydrogen) atoms. The van der Waals surface area contributed by atoms with Crippen molar-refractivity contribution in [2.75, 3.05) is 0 Å². The maximum absolute atomic E-state index is 10.1. The number of rotatable bonds is 2. The molecule has 0 aliphatic carbocycles. The molecular weight excluding hydrogens is 170 g/mol. The van der Waals surface area contributed by atoms with Gasteiger partial charge in [-0.3, -0.25) is 10.1 Å². The third-order valence-electron chi connectivity index (χ3n) is 0.859. The summed E-state index contributed by atoms with van der Waals surface area (Å²) in [6.07, 6.45) is 2.15. The predicted octanol–water partition coefficient (Wildman–Crippen LogP) is 0.859. The van der Waals surface area contributed by atoms with Gasteiger partial charge in [0.2, 0.25) is 0 Å². The highest BCUT2D eigenvalue weighted by Gasteiger charge is 2.09. The molecule has 0 fully saturated rings. The Hall–Kier alpha value is -1.50. The summed E-state index contributed by atoms with van der Waals surface area (Å²) >= 11 is 0.846. The van der Waals surface area contributed by atoms with E-state index in [2.05, 4.69) is 10.1 Å². The summed E-state index contributed by atoms with van der Waals surface area (Å²) < 4.78 is 0. The van der Waals surface area contributed by atoms with Gasteiger partial charge in [0.1, 0.15) is 17.4 Å². The van der Waals surface area contributed by atoms with E-state index < -0.39 is 4.92 Å². The molecule has 1 rings (SSSR count). The first-order valence-electron chi connectivity index (χ1n) is 2.51. The van der Waals surface area contributed by atoms with Gasteiger partial charge in [0.15, 0.2) is 0 Å². The smallest absolute Gasteiger partial charge is 0.344 e. The number of hydrogen-bond acceptors (Lipinski definition) is 6. The average molecular weight is 173 g/mol. The van der Waals surface area contributed by atoms with Crippen LogP contribution in [0.15, 0.2) is 11.4 Å². The topological polar surface area (TPSA) is 88.6 Å². The second kappa shape index (κ2) is 3.06. The molecule has 0 aromatic carbocycles. The van der Waals surface area contributed by atoms with Crippen molar-refractivity contribution in [1.29, 1.82) is 0 Å². The Morgan fingerprint density at radius 2 is 2.64 bits per heavy atom. The fourth-order valence-electron chi connectivity index (χ4n) is 0.472. The molecular formula is C4H3N3O3S. The lowest BCUT2D eigenvalue weighted by atomic mass is 10.8. The van der Waals surface area contributed by atoms with Crippen LogP contribution < -0.4 is 0 Å². The highest BCUT2D eigenvalue weighted by molar-refractivity contribution is 7.16. The minimum Gasteiger partial charge on any atom is -0.411 e. The SMILES string of the molecule is O=[N+]([O-])c1cnc(/C=N/O)s1. The largest absolute Gasteiger partial charge is 0.411 e. The van der Waals surface area contributed by atoms with Crippen molar-refractivity contribution in [3.8, 4) is 0 Å². The van der Waals surface area contributed by atoms with E-state index in [9.17, 15) is 10.1 Å². The van der Waals surface area contributed by atoms with Gasteiger partial charge in [0.25, 0.3) is 0 Å². The molecule has 0 unspecified atom stereocenters. The molecule has 0 bridgehead atoms. The summed E-state index contributed by atoms with van der Waals surface area (Å²) in [5, 5.41) is 21.0. The van der Waals surface area contributed by atoms with E-state index in [4.69, 9.17) is 5.21 Å². The van der Waals surface area contributed by atoms with Crippen LogP contribution in [-0.4, -0.2) is 21.3 Å². The maximum Gasteiger partial charge on any atom is 0.344 e. The predicted molar refractivity (Wildman–Crippen MR) is 38.1 cm³/mol. The first kappa shape index (κ1) is 7.61. The van der Waals surface area contributed by atoms with Crippen LogP contribution in [0.5, 0.6) is 0 Å². The molecule has 0 aliphatic heterocycles. The molecule has 0 aliphatic rings. The van der Waals surface area contributed by atoms with Crippen LogP contribution in [0.25, 0.3) is 0 Å². The van der Waals surface area contributed by atoms with Crippen molar-refractivity contribution >= 4 is 22.6 Å². The van der Waals surface area contributed by atoms with Crippen molar-refractivity contribution in [1.82, 2.24) is 4.98 Å². The molecule has 58 valence electrons. The minimum absolute atomic E-state index is 0.0695. The number of aromatic nitrogens is 1. The lowest BCUT2D eigenvalue weighted by Crippen LogP contribution is -1.80. The molecule has 1 N–H and O–H groups in total. The summed E-state index contributed by atoms with van der Waals surface area (Å²) in [4.78, 5) is 13.1. The van der Waals surface area contributed by atoms with Crippen molar-refractivity contribution in [2.45, 2.75) is 0 Å². The third-order valence-corrected chi connectivity index (χ3v) is 1.74. The van der Waals surface area contributed by atoms with E-state index in [0.717, 1.165) is 23.7 Å². The monoisotopic (exact) mass is 173 g/mol. The summed E-state index contributed by atoms with van der Waals surface area (Å²) in [5.74, 6) is 0. The minimum atomic E-state index is -0.549. The van der Waals surface area contributed by atoms with Gasteiger partial charge in [0.05, 0.1) is 4.92 Å². The molecule has 1 heterocycles. The van der Waals surface area contributed by atoms with E-state index in [0.29, 0.717) is 5.01 Å². The van der Waals surface area contributed by atoms with Gasteiger partial charge < -0.3 is 5.21 Å². The van der Waals surface area contributed by atoms with Crippen molar-refractivity contribution < 1.29 is 10.1 Å². The van der Waals surface area contributed by atoms with E-state index >= 15 is 0 Å². The van der Waals surface area contributed by atoms with Crippen LogP contribution in [0.3, 0.4) is 0 Å². The van der Waals surface area contributed by atoms with Crippen LogP contribution in [0.1, 0.15) is 5.01 Å². The second-order valence-corrected chi connectivity index (χ2v) is 2.58. The Morgan fingerprint density at radius 3 is 3.09 bits per heavy atom. The second-order valence-electron chi connectivity index (χ2n) is 1.54. The van der Waals surface area contributed by atoms with Crippen molar-refractivity contribution in [3.63, 3.8) is 0 Å². The molecule has 1 aromatic heterocycles. The third kappa shape index (κ3) is 1.71. The van der Waals surface area contributed by atoms with Gasteiger partial charge in [-0.25, -0.2) is 4.98 Å². The number of nitrogens with zero attached hydrogens (tertiary/aromatic N) is 3. The fourth-order valence-corrected chi connectivity index (χ4v) is 1.07. The van der Waals surface area contributed by atoms with Crippen LogP contribution in [0.4, 0.5) is 5.00 Å². The Balaban J connectivity index is 2.90. The van der Waals surface area contributed by atoms with Crippen LogP contribution in [0, 0.1) is 10.1 Å². The number of hydrogen-bond donors (Lipinski definition) is 1. The van der Waals surface area contributed by atoms with Gasteiger partial charge in [-0.15, -0.1) is 0 Å². The number of oxime groups is 1. The molecule has 6 nitrogen and oxygen atoms in total. The summed E-state index contributed by atoms with van der Waals surface area (Å²) in [6.45, 7) is 0. The van der Waals surface area contributed by atoms with Crippen LogP contribution in [-0.2, 0) is 0 Å². The summed E-state index contributed by atoms with van der Waals surface area (Å²) in [6, 6.07) is 0. The number of thiazole rings is 1. The first-order valence-corrected chi connectivity index (χ1v) is 3.33.